The van der Waals surface area contributed by atoms with Gasteiger partial charge in [-0.1, -0.05) is 63.1 Å². The van der Waals surface area contributed by atoms with E-state index in [2.05, 4.69) is 19.9 Å². The fraction of sp³-hybridized carbons (Fsp3) is 0.625. The van der Waals surface area contributed by atoms with Crippen LogP contribution >= 0.6 is 11.6 Å². The summed E-state index contributed by atoms with van der Waals surface area (Å²) in [7, 11) is 0. The normalized spacial score (nSPS) is 12.7. The van der Waals surface area contributed by atoms with Crippen molar-refractivity contribution in [3.05, 3.63) is 34.3 Å². The third-order valence-electron chi connectivity index (χ3n) is 3.50. The Morgan fingerprint density at radius 2 is 1.78 bits per heavy atom. The van der Waals surface area contributed by atoms with Crippen LogP contribution in [0.15, 0.2) is 18.2 Å². The van der Waals surface area contributed by atoms with E-state index in [-0.39, 0.29) is 6.04 Å². The lowest BCUT2D eigenvalue weighted by Crippen LogP contribution is -2.11. The highest BCUT2D eigenvalue weighted by Gasteiger charge is 2.08. The monoisotopic (exact) mass is 267 g/mol. The van der Waals surface area contributed by atoms with Gasteiger partial charge in [0, 0.05) is 11.1 Å². The largest absolute Gasteiger partial charge is 0.324 e. The summed E-state index contributed by atoms with van der Waals surface area (Å²) in [5.41, 5.74) is 8.70. The molecule has 0 saturated heterocycles. The van der Waals surface area contributed by atoms with Crippen molar-refractivity contribution < 1.29 is 0 Å². The number of nitrogens with two attached hydrogens (primary N) is 1. The van der Waals surface area contributed by atoms with Crippen LogP contribution in [0, 0.1) is 6.92 Å². The molecule has 2 N–H and O–H groups in total. The minimum atomic E-state index is 0.161. The predicted octanol–water partition coefficient (Wildman–Crippen LogP) is 5.40. The van der Waals surface area contributed by atoms with Crippen molar-refractivity contribution in [2.24, 2.45) is 5.73 Å². The number of rotatable bonds is 8. The van der Waals surface area contributed by atoms with Gasteiger partial charge in [0.15, 0.2) is 0 Å². The molecule has 0 spiro atoms. The average molecular weight is 268 g/mol. The first kappa shape index (κ1) is 15.5. The van der Waals surface area contributed by atoms with Gasteiger partial charge in [0.1, 0.15) is 0 Å². The lowest BCUT2D eigenvalue weighted by molar-refractivity contribution is 0.546. The molecule has 18 heavy (non-hydrogen) atoms. The Morgan fingerprint density at radius 3 is 2.44 bits per heavy atom. The van der Waals surface area contributed by atoms with Gasteiger partial charge in [0.05, 0.1) is 0 Å². The Hall–Kier alpha value is -0.530. The van der Waals surface area contributed by atoms with Crippen molar-refractivity contribution in [1.29, 1.82) is 0 Å². The lowest BCUT2D eigenvalue weighted by Gasteiger charge is -2.15. The second-order valence-electron chi connectivity index (χ2n) is 5.16. The molecule has 1 aromatic rings. The molecule has 1 atom stereocenters. The van der Waals surface area contributed by atoms with E-state index in [0.717, 1.165) is 11.4 Å². The summed E-state index contributed by atoms with van der Waals surface area (Å²) in [5.74, 6) is 0. The maximum atomic E-state index is 6.24. The predicted molar refractivity (Wildman–Crippen MR) is 81.1 cm³/mol. The summed E-state index contributed by atoms with van der Waals surface area (Å²) < 4.78 is 0. The zero-order chi connectivity index (χ0) is 13.4. The quantitative estimate of drug-likeness (QED) is 0.627. The van der Waals surface area contributed by atoms with E-state index in [4.69, 9.17) is 17.3 Å². The number of hydrogen-bond acceptors (Lipinski definition) is 1. The molecule has 0 aromatic heterocycles. The molecule has 1 nitrogen and oxygen atoms in total. The van der Waals surface area contributed by atoms with Gasteiger partial charge in [0.2, 0.25) is 0 Å². The molecular weight excluding hydrogens is 242 g/mol. The van der Waals surface area contributed by atoms with E-state index in [1.165, 1.54) is 49.7 Å². The molecule has 1 unspecified atom stereocenters. The Morgan fingerprint density at radius 1 is 1.11 bits per heavy atom. The first-order chi connectivity index (χ1) is 8.65. The molecule has 1 aromatic carbocycles. The van der Waals surface area contributed by atoms with Gasteiger partial charge in [-0.3, -0.25) is 0 Å². The van der Waals surface area contributed by atoms with Gasteiger partial charge >= 0.3 is 0 Å². The summed E-state index contributed by atoms with van der Waals surface area (Å²) in [5, 5.41) is 0.794. The summed E-state index contributed by atoms with van der Waals surface area (Å²) in [6.45, 7) is 4.33. The van der Waals surface area contributed by atoms with Crippen LogP contribution in [0.3, 0.4) is 0 Å². The van der Waals surface area contributed by atoms with E-state index in [1.54, 1.807) is 0 Å². The van der Waals surface area contributed by atoms with Crippen LogP contribution in [0.5, 0.6) is 0 Å². The van der Waals surface area contributed by atoms with Crippen molar-refractivity contribution in [1.82, 2.24) is 0 Å². The highest BCUT2D eigenvalue weighted by Crippen LogP contribution is 2.23. The van der Waals surface area contributed by atoms with E-state index in [1.807, 2.05) is 12.1 Å². The second kappa shape index (κ2) is 8.55. The second-order valence-corrected chi connectivity index (χ2v) is 5.60. The molecule has 0 saturated carbocycles. The lowest BCUT2D eigenvalue weighted by atomic mass is 9.97. The van der Waals surface area contributed by atoms with Crippen LogP contribution < -0.4 is 5.73 Å². The first-order valence-electron chi connectivity index (χ1n) is 7.16. The number of halogens is 1. The van der Waals surface area contributed by atoms with Gasteiger partial charge in [-0.15, -0.1) is 0 Å². The Labute approximate surface area is 117 Å². The topological polar surface area (TPSA) is 26.0 Å². The molecule has 0 amide bonds. The minimum Gasteiger partial charge on any atom is -0.324 e. The molecule has 0 aliphatic heterocycles. The third kappa shape index (κ3) is 5.41. The molecule has 2 heteroatoms. The zero-order valence-electron chi connectivity index (χ0n) is 11.7. The molecule has 0 aliphatic rings. The summed E-state index contributed by atoms with van der Waals surface area (Å²) in [6, 6.07) is 6.16. The summed E-state index contributed by atoms with van der Waals surface area (Å²) >= 11 is 5.96. The van der Waals surface area contributed by atoms with E-state index >= 15 is 0 Å². The van der Waals surface area contributed by atoms with Crippen LogP contribution in [0.25, 0.3) is 0 Å². The Bertz CT molecular complexity index is 349. The van der Waals surface area contributed by atoms with Crippen molar-refractivity contribution >= 4 is 11.6 Å². The molecule has 0 aliphatic carbocycles. The Balaban J connectivity index is 2.29. The van der Waals surface area contributed by atoms with Gasteiger partial charge in [-0.05, 0) is 36.6 Å². The van der Waals surface area contributed by atoms with Crippen molar-refractivity contribution in [2.45, 2.75) is 64.8 Å². The maximum Gasteiger partial charge on any atom is 0.0408 e. The van der Waals surface area contributed by atoms with Crippen molar-refractivity contribution in [2.75, 3.05) is 0 Å². The molecule has 0 bridgehead atoms. The van der Waals surface area contributed by atoms with E-state index in [0.29, 0.717) is 0 Å². The smallest absolute Gasteiger partial charge is 0.0408 e. The van der Waals surface area contributed by atoms with E-state index < -0.39 is 0 Å². The number of unbranched alkanes of at least 4 members (excludes halogenated alkanes) is 5. The van der Waals surface area contributed by atoms with Gasteiger partial charge in [-0.2, -0.15) is 0 Å². The summed E-state index contributed by atoms with van der Waals surface area (Å²) in [4.78, 5) is 0. The maximum absolute atomic E-state index is 6.24. The Kier molecular flexibility index (Phi) is 7.38. The van der Waals surface area contributed by atoms with Crippen LogP contribution in [0.4, 0.5) is 0 Å². The van der Waals surface area contributed by atoms with Crippen molar-refractivity contribution in [3.8, 4) is 0 Å². The zero-order valence-corrected chi connectivity index (χ0v) is 12.5. The van der Waals surface area contributed by atoms with Crippen molar-refractivity contribution in [3.63, 3.8) is 0 Å². The number of benzene rings is 1. The standard InChI is InChI=1S/C16H26ClN/c1-3-4-5-6-7-8-9-16(18)15-11-10-14(17)12-13(15)2/h10-12,16H,3-9,18H2,1-2H3. The molecule has 0 heterocycles. The van der Waals surface area contributed by atoms with Crippen LogP contribution in [0.1, 0.15) is 69.0 Å². The molecule has 102 valence electrons. The summed E-state index contributed by atoms with van der Waals surface area (Å²) in [6.07, 6.45) is 9.00. The fourth-order valence-corrected chi connectivity index (χ4v) is 2.58. The molecule has 1 rings (SSSR count). The minimum absolute atomic E-state index is 0.161. The van der Waals surface area contributed by atoms with Gasteiger partial charge in [-0.25, -0.2) is 0 Å². The number of hydrogen-bond donors (Lipinski definition) is 1. The molecule has 0 radical (unpaired) electrons. The SMILES string of the molecule is CCCCCCCCC(N)c1ccc(Cl)cc1C. The fourth-order valence-electron chi connectivity index (χ4n) is 2.36. The van der Waals surface area contributed by atoms with E-state index in [9.17, 15) is 0 Å². The van der Waals surface area contributed by atoms with Crippen LogP contribution in [-0.2, 0) is 0 Å². The molecule has 0 fully saturated rings. The van der Waals surface area contributed by atoms with Gasteiger partial charge < -0.3 is 5.73 Å². The third-order valence-corrected chi connectivity index (χ3v) is 3.74. The van der Waals surface area contributed by atoms with Crippen LogP contribution in [0.2, 0.25) is 5.02 Å². The highest BCUT2D eigenvalue weighted by molar-refractivity contribution is 6.30. The molecular formula is C16H26ClN. The number of aryl methyl sites for hydroxylation is 1. The van der Waals surface area contributed by atoms with Gasteiger partial charge in [0.25, 0.3) is 0 Å². The average Bonchev–Trinajstić information content (AvgIpc) is 2.33. The van der Waals surface area contributed by atoms with Crippen LogP contribution in [-0.4, -0.2) is 0 Å². The highest BCUT2D eigenvalue weighted by atomic mass is 35.5. The first-order valence-corrected chi connectivity index (χ1v) is 7.54.